The Kier molecular flexibility index (Phi) is 4.43. The maximum Gasteiger partial charge on any atom is 0.221 e. The van der Waals surface area contributed by atoms with Crippen molar-refractivity contribution in [2.24, 2.45) is 11.3 Å². The molecular weight excluding hydrogens is 196 g/mol. The zero-order chi connectivity index (χ0) is 10.6. The van der Waals surface area contributed by atoms with Crippen molar-refractivity contribution < 1.29 is 4.79 Å². The number of hydrogen-bond donors (Lipinski definition) is 0. The van der Waals surface area contributed by atoms with E-state index in [1.807, 2.05) is 0 Å². The first kappa shape index (κ1) is 12.0. The molecule has 0 saturated heterocycles. The molecule has 2 heteroatoms. The van der Waals surface area contributed by atoms with Crippen LogP contribution in [0, 0.1) is 11.3 Å². The maximum atomic E-state index is 10.8. The van der Waals surface area contributed by atoms with Crippen LogP contribution in [0.1, 0.15) is 58.8 Å². The minimum atomic E-state index is -0.171. The Balaban J connectivity index is 2.56. The summed E-state index contributed by atoms with van der Waals surface area (Å²) >= 11 is 5.42. The van der Waals surface area contributed by atoms with Crippen molar-refractivity contribution in [1.29, 1.82) is 0 Å². The third-order valence-corrected chi connectivity index (χ3v) is 4.08. The lowest BCUT2D eigenvalue weighted by atomic mass is 9.65. The fourth-order valence-corrected chi connectivity index (χ4v) is 2.81. The Hall–Kier alpha value is -0.0400. The van der Waals surface area contributed by atoms with Gasteiger partial charge in [0.15, 0.2) is 0 Å². The molecule has 0 spiro atoms. The van der Waals surface area contributed by atoms with Gasteiger partial charge in [0.1, 0.15) is 0 Å². The van der Waals surface area contributed by atoms with E-state index >= 15 is 0 Å². The quantitative estimate of drug-likeness (QED) is 0.646. The normalized spacial score (nSPS) is 21.1. The minimum absolute atomic E-state index is 0.171. The predicted molar refractivity (Wildman–Crippen MR) is 60.5 cm³/mol. The number of rotatable bonds is 4. The zero-order valence-corrected chi connectivity index (χ0v) is 10.1. The fraction of sp³-hybridized carbons (Fsp3) is 0.917. The van der Waals surface area contributed by atoms with E-state index < -0.39 is 0 Å². The van der Waals surface area contributed by atoms with Crippen LogP contribution in [0.25, 0.3) is 0 Å². The molecule has 1 nitrogen and oxygen atoms in total. The van der Waals surface area contributed by atoms with Gasteiger partial charge in [0.05, 0.1) is 0 Å². The SMILES string of the molecule is CC(C)C1(CCC(=O)Cl)CCCCC1. The second-order valence-corrected chi connectivity index (χ2v) is 5.35. The van der Waals surface area contributed by atoms with E-state index in [2.05, 4.69) is 13.8 Å². The van der Waals surface area contributed by atoms with E-state index in [1.54, 1.807) is 0 Å². The summed E-state index contributed by atoms with van der Waals surface area (Å²) in [7, 11) is 0. The summed E-state index contributed by atoms with van der Waals surface area (Å²) in [6.07, 6.45) is 8.14. The van der Waals surface area contributed by atoms with Crippen LogP contribution < -0.4 is 0 Å². The van der Waals surface area contributed by atoms with E-state index in [0.29, 0.717) is 17.8 Å². The van der Waals surface area contributed by atoms with Gasteiger partial charge < -0.3 is 0 Å². The van der Waals surface area contributed by atoms with E-state index in [-0.39, 0.29) is 5.24 Å². The number of halogens is 1. The average molecular weight is 217 g/mol. The largest absolute Gasteiger partial charge is 0.281 e. The van der Waals surface area contributed by atoms with E-state index in [0.717, 1.165) is 6.42 Å². The first-order valence-corrected chi connectivity index (χ1v) is 6.13. The topological polar surface area (TPSA) is 17.1 Å². The molecule has 0 aromatic rings. The minimum Gasteiger partial charge on any atom is -0.281 e. The van der Waals surface area contributed by atoms with Crippen LogP contribution in [0.15, 0.2) is 0 Å². The highest BCUT2D eigenvalue weighted by Crippen LogP contribution is 2.46. The number of carbonyl (C=O) groups excluding carboxylic acids is 1. The van der Waals surface area contributed by atoms with Gasteiger partial charge in [-0.15, -0.1) is 0 Å². The highest BCUT2D eigenvalue weighted by Gasteiger charge is 2.34. The molecule has 1 saturated carbocycles. The molecule has 0 heterocycles. The Labute approximate surface area is 92.2 Å². The van der Waals surface area contributed by atoms with Gasteiger partial charge in [-0.1, -0.05) is 33.1 Å². The Bertz CT molecular complexity index is 192. The maximum absolute atomic E-state index is 10.8. The molecule has 1 aliphatic carbocycles. The summed E-state index contributed by atoms with van der Waals surface area (Å²) in [6.45, 7) is 4.56. The van der Waals surface area contributed by atoms with Crippen LogP contribution in [-0.2, 0) is 4.79 Å². The standard InChI is InChI=1S/C12H21ClO/c1-10(2)12(9-6-11(13)14)7-4-3-5-8-12/h10H,3-9H2,1-2H3. The molecule has 0 aromatic carbocycles. The fourth-order valence-electron chi connectivity index (χ4n) is 2.72. The summed E-state index contributed by atoms with van der Waals surface area (Å²) in [5, 5.41) is -0.171. The van der Waals surface area contributed by atoms with Gasteiger partial charge in [0.25, 0.3) is 0 Å². The molecule has 1 fully saturated rings. The Morgan fingerprint density at radius 1 is 1.29 bits per heavy atom. The first-order valence-electron chi connectivity index (χ1n) is 5.75. The van der Waals surface area contributed by atoms with Crippen LogP contribution in [0.3, 0.4) is 0 Å². The molecular formula is C12H21ClO. The lowest BCUT2D eigenvalue weighted by molar-refractivity contribution is -0.112. The molecule has 0 amide bonds. The predicted octanol–water partition coefficient (Wildman–Crippen LogP) is 4.14. The van der Waals surface area contributed by atoms with Crippen molar-refractivity contribution in [1.82, 2.24) is 0 Å². The van der Waals surface area contributed by atoms with Gasteiger partial charge in [0.2, 0.25) is 5.24 Å². The van der Waals surface area contributed by atoms with Crippen LogP contribution in [0.2, 0.25) is 0 Å². The van der Waals surface area contributed by atoms with E-state index in [4.69, 9.17) is 11.6 Å². The Morgan fingerprint density at radius 3 is 2.29 bits per heavy atom. The third-order valence-electron chi connectivity index (χ3n) is 3.89. The number of carbonyl (C=O) groups is 1. The van der Waals surface area contributed by atoms with Gasteiger partial charge in [-0.25, -0.2) is 0 Å². The highest BCUT2D eigenvalue weighted by atomic mass is 35.5. The smallest absolute Gasteiger partial charge is 0.221 e. The summed E-state index contributed by atoms with van der Waals surface area (Å²) in [6, 6.07) is 0. The zero-order valence-electron chi connectivity index (χ0n) is 9.31. The lowest BCUT2D eigenvalue weighted by Gasteiger charge is -2.41. The molecule has 0 unspecified atom stereocenters. The van der Waals surface area contributed by atoms with Crippen LogP contribution in [0.5, 0.6) is 0 Å². The summed E-state index contributed by atoms with van der Waals surface area (Å²) in [5.41, 5.74) is 0.406. The van der Waals surface area contributed by atoms with Gasteiger partial charge in [-0.3, -0.25) is 4.79 Å². The molecule has 0 bridgehead atoms. The van der Waals surface area contributed by atoms with E-state index in [9.17, 15) is 4.79 Å². The molecule has 0 radical (unpaired) electrons. The lowest BCUT2D eigenvalue weighted by Crippen LogP contribution is -2.30. The van der Waals surface area contributed by atoms with Crippen molar-refractivity contribution in [2.45, 2.75) is 58.8 Å². The molecule has 0 N–H and O–H groups in total. The average Bonchev–Trinajstić information content (AvgIpc) is 2.16. The highest BCUT2D eigenvalue weighted by molar-refractivity contribution is 6.63. The summed E-state index contributed by atoms with van der Waals surface area (Å²) in [4.78, 5) is 10.8. The summed E-state index contributed by atoms with van der Waals surface area (Å²) < 4.78 is 0. The van der Waals surface area contributed by atoms with Crippen molar-refractivity contribution in [3.63, 3.8) is 0 Å². The summed E-state index contributed by atoms with van der Waals surface area (Å²) in [5.74, 6) is 0.679. The molecule has 1 rings (SSSR count). The van der Waals surface area contributed by atoms with Crippen molar-refractivity contribution in [3.8, 4) is 0 Å². The van der Waals surface area contributed by atoms with Crippen LogP contribution >= 0.6 is 11.6 Å². The van der Waals surface area contributed by atoms with Gasteiger partial charge in [0, 0.05) is 6.42 Å². The second kappa shape index (κ2) is 5.16. The van der Waals surface area contributed by atoms with Crippen molar-refractivity contribution in [3.05, 3.63) is 0 Å². The molecule has 82 valence electrons. The molecule has 0 aromatic heterocycles. The van der Waals surface area contributed by atoms with Crippen LogP contribution in [0.4, 0.5) is 0 Å². The van der Waals surface area contributed by atoms with Gasteiger partial charge in [-0.05, 0) is 42.2 Å². The van der Waals surface area contributed by atoms with Crippen molar-refractivity contribution in [2.75, 3.05) is 0 Å². The monoisotopic (exact) mass is 216 g/mol. The molecule has 0 atom stereocenters. The molecule has 0 aliphatic heterocycles. The van der Waals surface area contributed by atoms with Crippen molar-refractivity contribution >= 4 is 16.8 Å². The molecule has 14 heavy (non-hydrogen) atoms. The Morgan fingerprint density at radius 2 is 1.86 bits per heavy atom. The van der Waals surface area contributed by atoms with E-state index in [1.165, 1.54) is 32.1 Å². The first-order chi connectivity index (χ1) is 6.57. The second-order valence-electron chi connectivity index (χ2n) is 4.93. The van der Waals surface area contributed by atoms with Gasteiger partial charge >= 0.3 is 0 Å². The number of hydrogen-bond acceptors (Lipinski definition) is 1. The van der Waals surface area contributed by atoms with Gasteiger partial charge in [-0.2, -0.15) is 0 Å². The third kappa shape index (κ3) is 2.98. The van der Waals surface area contributed by atoms with Crippen LogP contribution in [-0.4, -0.2) is 5.24 Å². The molecule has 1 aliphatic rings.